The number of hydrogen-bond donors (Lipinski definition) is 1. The van der Waals surface area contributed by atoms with Crippen molar-refractivity contribution in [2.24, 2.45) is 5.92 Å². The molecule has 0 aromatic heterocycles. The van der Waals surface area contributed by atoms with Gasteiger partial charge >= 0.3 is 0 Å². The maximum absolute atomic E-state index is 11.8. The second-order valence-corrected chi connectivity index (χ2v) is 5.30. The molecule has 0 spiro atoms. The van der Waals surface area contributed by atoms with Crippen LogP contribution in [0.1, 0.15) is 53.9 Å². The van der Waals surface area contributed by atoms with Crippen LogP contribution in [0.3, 0.4) is 0 Å². The Morgan fingerprint density at radius 3 is 2.65 bits per heavy atom. The minimum atomic E-state index is 0.104. The van der Waals surface area contributed by atoms with Gasteiger partial charge in [0.1, 0.15) is 0 Å². The fraction of sp³-hybridized carbons (Fsp3) is 0.533. The smallest absolute Gasteiger partial charge is 0.251 e. The minimum Gasteiger partial charge on any atom is -0.351 e. The van der Waals surface area contributed by atoms with Crippen LogP contribution in [0.5, 0.6) is 0 Å². The van der Waals surface area contributed by atoms with Gasteiger partial charge in [0.05, 0.1) is 0 Å². The summed E-state index contributed by atoms with van der Waals surface area (Å²) >= 11 is 0. The highest BCUT2D eigenvalue weighted by atomic mass is 16.1. The predicted molar refractivity (Wildman–Crippen MR) is 68.1 cm³/mol. The van der Waals surface area contributed by atoms with Gasteiger partial charge in [0.15, 0.2) is 0 Å². The molecule has 1 amide bonds. The van der Waals surface area contributed by atoms with Crippen molar-refractivity contribution in [3.8, 4) is 0 Å². The Morgan fingerprint density at radius 1 is 1.06 bits per heavy atom. The molecule has 0 saturated heterocycles. The van der Waals surface area contributed by atoms with Crippen molar-refractivity contribution in [1.82, 2.24) is 5.32 Å². The molecule has 17 heavy (non-hydrogen) atoms. The molecule has 90 valence electrons. The monoisotopic (exact) mass is 229 g/mol. The maximum Gasteiger partial charge on any atom is 0.251 e. The fourth-order valence-electron chi connectivity index (χ4n) is 3.39. The lowest BCUT2D eigenvalue weighted by Gasteiger charge is -2.34. The summed E-state index contributed by atoms with van der Waals surface area (Å²) in [6.45, 7) is 0.834. The van der Waals surface area contributed by atoms with Crippen LogP contribution in [0.4, 0.5) is 0 Å². The lowest BCUT2D eigenvalue weighted by Crippen LogP contribution is -2.38. The van der Waals surface area contributed by atoms with E-state index in [1.807, 2.05) is 12.1 Å². The van der Waals surface area contributed by atoms with Crippen LogP contribution in [0.25, 0.3) is 0 Å². The van der Waals surface area contributed by atoms with Gasteiger partial charge in [-0.2, -0.15) is 0 Å². The molecule has 1 aromatic rings. The summed E-state index contributed by atoms with van der Waals surface area (Å²) in [6, 6.07) is 8.13. The lowest BCUT2D eigenvalue weighted by atomic mass is 9.74. The molecule has 2 aliphatic rings. The van der Waals surface area contributed by atoms with E-state index in [0.29, 0.717) is 5.92 Å². The number of rotatable bonds is 1. The quantitative estimate of drug-likeness (QED) is 0.787. The Balaban J connectivity index is 1.91. The average Bonchev–Trinajstić information content (AvgIpc) is 2.41. The molecule has 2 heteroatoms. The van der Waals surface area contributed by atoms with E-state index in [4.69, 9.17) is 0 Å². The van der Waals surface area contributed by atoms with Crippen LogP contribution in [0.15, 0.2) is 24.3 Å². The topological polar surface area (TPSA) is 29.1 Å². The van der Waals surface area contributed by atoms with Gasteiger partial charge in [-0.15, -0.1) is 0 Å². The van der Waals surface area contributed by atoms with Crippen molar-refractivity contribution in [2.75, 3.05) is 6.54 Å². The van der Waals surface area contributed by atoms with Crippen LogP contribution in [-0.4, -0.2) is 12.5 Å². The Bertz CT molecular complexity index is 421. The van der Waals surface area contributed by atoms with Gasteiger partial charge in [0, 0.05) is 18.0 Å². The number of carbonyl (C=O) groups excluding carboxylic acids is 1. The molecule has 1 aromatic carbocycles. The summed E-state index contributed by atoms with van der Waals surface area (Å²) in [7, 11) is 0. The summed E-state index contributed by atoms with van der Waals surface area (Å²) in [6.07, 6.45) is 6.76. The first-order valence-corrected chi connectivity index (χ1v) is 6.73. The van der Waals surface area contributed by atoms with Gasteiger partial charge in [-0.1, -0.05) is 37.5 Å². The predicted octanol–water partition coefficient (Wildman–Crippen LogP) is 3.09. The highest BCUT2D eigenvalue weighted by Gasteiger charge is 2.31. The van der Waals surface area contributed by atoms with E-state index >= 15 is 0 Å². The van der Waals surface area contributed by atoms with Gasteiger partial charge in [-0.05, 0) is 30.4 Å². The SMILES string of the molecule is O=C1NC[C@H](C2CCCCC2)c2ccccc21. The number of fused-ring (bicyclic) bond motifs is 1. The third-order valence-electron chi connectivity index (χ3n) is 4.31. The molecule has 0 radical (unpaired) electrons. The van der Waals surface area contributed by atoms with Gasteiger partial charge in [0.25, 0.3) is 5.91 Å². The molecule has 0 bridgehead atoms. The molecule has 1 aliphatic heterocycles. The highest BCUT2D eigenvalue weighted by molar-refractivity contribution is 5.97. The summed E-state index contributed by atoms with van der Waals surface area (Å²) in [5, 5.41) is 3.05. The van der Waals surface area contributed by atoms with E-state index in [-0.39, 0.29) is 5.91 Å². The van der Waals surface area contributed by atoms with Crippen molar-refractivity contribution >= 4 is 5.91 Å². The first kappa shape index (κ1) is 10.8. The zero-order chi connectivity index (χ0) is 11.7. The third kappa shape index (κ3) is 1.97. The first-order chi connectivity index (χ1) is 8.36. The molecule has 1 heterocycles. The van der Waals surface area contributed by atoms with Gasteiger partial charge in [0.2, 0.25) is 0 Å². The fourth-order valence-corrected chi connectivity index (χ4v) is 3.39. The summed E-state index contributed by atoms with van der Waals surface area (Å²) in [5.74, 6) is 1.42. The summed E-state index contributed by atoms with van der Waals surface area (Å²) < 4.78 is 0. The van der Waals surface area contributed by atoms with Crippen molar-refractivity contribution in [3.05, 3.63) is 35.4 Å². The van der Waals surface area contributed by atoms with E-state index in [0.717, 1.165) is 18.0 Å². The second-order valence-electron chi connectivity index (χ2n) is 5.30. The van der Waals surface area contributed by atoms with Gasteiger partial charge in [-0.25, -0.2) is 0 Å². The Hall–Kier alpha value is -1.31. The van der Waals surface area contributed by atoms with Crippen LogP contribution in [-0.2, 0) is 0 Å². The zero-order valence-electron chi connectivity index (χ0n) is 10.1. The van der Waals surface area contributed by atoms with Crippen LogP contribution >= 0.6 is 0 Å². The number of benzene rings is 1. The number of nitrogens with one attached hydrogen (secondary N) is 1. The van der Waals surface area contributed by atoms with Crippen molar-refractivity contribution in [3.63, 3.8) is 0 Å². The second kappa shape index (κ2) is 4.52. The van der Waals surface area contributed by atoms with Crippen molar-refractivity contribution < 1.29 is 4.79 Å². The molecule has 1 atom stereocenters. The maximum atomic E-state index is 11.8. The summed E-state index contributed by atoms with van der Waals surface area (Å²) in [5.41, 5.74) is 2.18. The lowest BCUT2D eigenvalue weighted by molar-refractivity contribution is 0.0931. The molecule has 1 fully saturated rings. The molecule has 1 N–H and O–H groups in total. The summed E-state index contributed by atoms with van der Waals surface area (Å²) in [4.78, 5) is 11.8. The molecular formula is C15H19NO. The Kier molecular flexibility index (Phi) is 2.87. The van der Waals surface area contributed by atoms with Crippen molar-refractivity contribution in [2.45, 2.75) is 38.0 Å². The zero-order valence-corrected chi connectivity index (χ0v) is 10.1. The van der Waals surface area contributed by atoms with Crippen LogP contribution in [0.2, 0.25) is 0 Å². The molecular weight excluding hydrogens is 210 g/mol. The number of carbonyl (C=O) groups is 1. The van der Waals surface area contributed by atoms with Gasteiger partial charge < -0.3 is 5.32 Å². The normalized spacial score (nSPS) is 25.2. The molecule has 0 unspecified atom stereocenters. The average molecular weight is 229 g/mol. The Morgan fingerprint density at radius 2 is 1.82 bits per heavy atom. The molecule has 1 saturated carbocycles. The molecule has 3 rings (SSSR count). The van der Waals surface area contributed by atoms with Crippen LogP contribution < -0.4 is 5.32 Å². The Labute approximate surface area is 102 Å². The van der Waals surface area contributed by atoms with Gasteiger partial charge in [-0.3, -0.25) is 4.79 Å². The van der Waals surface area contributed by atoms with Crippen LogP contribution in [0, 0.1) is 5.92 Å². The standard InChI is InChI=1S/C15H19NO/c17-15-13-9-5-4-8-12(13)14(10-16-15)11-6-2-1-3-7-11/h4-5,8-9,11,14H,1-3,6-7,10H2,(H,16,17)/t14-/m1/s1. The third-order valence-corrected chi connectivity index (χ3v) is 4.31. The highest BCUT2D eigenvalue weighted by Crippen LogP contribution is 2.38. The van der Waals surface area contributed by atoms with E-state index in [1.54, 1.807) is 0 Å². The van der Waals surface area contributed by atoms with Crippen molar-refractivity contribution in [1.29, 1.82) is 0 Å². The van der Waals surface area contributed by atoms with E-state index in [9.17, 15) is 4.79 Å². The molecule has 2 nitrogen and oxygen atoms in total. The number of hydrogen-bond acceptors (Lipinski definition) is 1. The van der Waals surface area contributed by atoms with E-state index < -0.39 is 0 Å². The first-order valence-electron chi connectivity index (χ1n) is 6.73. The largest absolute Gasteiger partial charge is 0.351 e. The van der Waals surface area contributed by atoms with E-state index in [1.165, 1.54) is 37.7 Å². The van der Waals surface area contributed by atoms with E-state index in [2.05, 4.69) is 17.4 Å². The molecule has 1 aliphatic carbocycles. The minimum absolute atomic E-state index is 0.104. The number of amides is 1.